The number of rotatable bonds is 4. The monoisotopic (exact) mass is 627 g/mol. The Labute approximate surface area is 281 Å². The van der Waals surface area contributed by atoms with E-state index >= 15 is 0 Å². The first-order valence-electron chi connectivity index (χ1n) is 15.8. The maximum absolute atomic E-state index is 10.3. The van der Waals surface area contributed by atoms with Gasteiger partial charge in [0.2, 0.25) is 0 Å². The Morgan fingerprint density at radius 3 is 1.67 bits per heavy atom. The molecule has 9 rings (SSSR count). The highest BCUT2D eigenvalue weighted by atomic mass is 32.1. The molecule has 0 unspecified atom stereocenters. The fraction of sp³-hybridized carbons (Fsp3) is 0. The summed E-state index contributed by atoms with van der Waals surface area (Å²) in [7, 11) is 0. The standard InChI is InChI=1S/C44H25N3S/c45-26-28-8-7-9-30(18-28)33-21-34(31-16-17-44-40(25-31)39-12-3-6-15-43(39)48-44)23-35(22-33)32-19-29(27-46)20-36(24-32)47-41-13-4-1-10-37(41)38-11-2-5-14-42(38)47/h1-25H. The average molecular weight is 628 g/mol. The molecule has 0 saturated carbocycles. The molecule has 7 aromatic carbocycles. The van der Waals surface area contributed by atoms with Crippen molar-refractivity contribution < 1.29 is 0 Å². The summed E-state index contributed by atoms with van der Waals surface area (Å²) < 4.78 is 4.79. The third-order valence-corrected chi connectivity index (χ3v) is 10.3. The SMILES string of the molecule is N#Cc1cccc(-c2cc(-c3cc(C#N)cc(-n4c5ccccc5c5ccccc54)c3)cc(-c3ccc4sc5ccccc5c4c3)c2)c1. The van der Waals surface area contributed by atoms with E-state index in [0.29, 0.717) is 11.1 Å². The van der Waals surface area contributed by atoms with Crippen molar-refractivity contribution in [1.82, 2.24) is 4.57 Å². The van der Waals surface area contributed by atoms with Gasteiger partial charge in [-0.3, -0.25) is 0 Å². The Morgan fingerprint density at radius 1 is 0.396 bits per heavy atom. The van der Waals surface area contributed by atoms with Crippen LogP contribution in [-0.4, -0.2) is 4.57 Å². The van der Waals surface area contributed by atoms with Crippen molar-refractivity contribution in [2.75, 3.05) is 0 Å². The zero-order chi connectivity index (χ0) is 32.2. The number of hydrogen-bond acceptors (Lipinski definition) is 3. The topological polar surface area (TPSA) is 52.5 Å². The molecule has 0 radical (unpaired) electrons. The largest absolute Gasteiger partial charge is 0.309 e. The number of para-hydroxylation sites is 2. The molecule has 0 atom stereocenters. The van der Waals surface area contributed by atoms with Gasteiger partial charge >= 0.3 is 0 Å². The summed E-state index contributed by atoms with van der Waals surface area (Å²) in [6.45, 7) is 0. The van der Waals surface area contributed by atoms with Gasteiger partial charge in [0.05, 0.1) is 34.3 Å². The highest BCUT2D eigenvalue weighted by molar-refractivity contribution is 7.25. The van der Waals surface area contributed by atoms with Crippen LogP contribution < -0.4 is 0 Å². The molecule has 0 N–H and O–H groups in total. The van der Waals surface area contributed by atoms with E-state index in [2.05, 4.69) is 138 Å². The molecule has 0 bridgehead atoms. The number of fused-ring (bicyclic) bond motifs is 6. The molecular formula is C44H25N3S. The molecule has 222 valence electrons. The summed E-state index contributed by atoms with van der Waals surface area (Å²) in [5.41, 5.74) is 10.5. The molecule has 0 saturated heterocycles. The van der Waals surface area contributed by atoms with E-state index in [1.54, 1.807) is 0 Å². The number of benzene rings is 7. The number of nitriles is 2. The maximum Gasteiger partial charge on any atom is 0.0992 e. The average Bonchev–Trinajstić information content (AvgIpc) is 3.70. The molecular weight excluding hydrogens is 603 g/mol. The smallest absolute Gasteiger partial charge is 0.0992 e. The van der Waals surface area contributed by atoms with Crippen LogP contribution in [0.5, 0.6) is 0 Å². The van der Waals surface area contributed by atoms with Crippen LogP contribution in [0.1, 0.15) is 11.1 Å². The Bertz CT molecular complexity index is 2770. The Balaban J connectivity index is 1.29. The van der Waals surface area contributed by atoms with E-state index in [1.807, 2.05) is 41.7 Å². The minimum Gasteiger partial charge on any atom is -0.309 e. The highest BCUT2D eigenvalue weighted by Crippen LogP contribution is 2.40. The van der Waals surface area contributed by atoms with Crippen LogP contribution >= 0.6 is 11.3 Å². The number of thiophene rings is 1. The lowest BCUT2D eigenvalue weighted by molar-refractivity contribution is 1.18. The van der Waals surface area contributed by atoms with Crippen molar-refractivity contribution in [2.24, 2.45) is 0 Å². The minimum absolute atomic E-state index is 0.592. The predicted octanol–water partition coefficient (Wildman–Crippen LogP) is 11.9. The van der Waals surface area contributed by atoms with Crippen molar-refractivity contribution >= 4 is 53.3 Å². The molecule has 2 heterocycles. The van der Waals surface area contributed by atoms with Crippen LogP contribution in [0, 0.1) is 22.7 Å². The third-order valence-electron chi connectivity index (χ3n) is 9.19. The second-order valence-electron chi connectivity index (χ2n) is 12.1. The summed E-state index contributed by atoms with van der Waals surface area (Å²) in [6, 6.07) is 57.3. The van der Waals surface area contributed by atoms with E-state index in [4.69, 9.17) is 0 Å². The lowest BCUT2D eigenvalue weighted by Gasteiger charge is -2.14. The lowest BCUT2D eigenvalue weighted by Crippen LogP contribution is -1.96. The van der Waals surface area contributed by atoms with E-state index in [1.165, 1.54) is 30.9 Å². The zero-order valence-corrected chi connectivity index (χ0v) is 26.5. The number of nitrogens with zero attached hydrogens (tertiary/aromatic N) is 3. The Kier molecular flexibility index (Phi) is 6.44. The first-order chi connectivity index (χ1) is 23.7. The van der Waals surface area contributed by atoms with Crippen LogP contribution in [-0.2, 0) is 0 Å². The van der Waals surface area contributed by atoms with Crippen LogP contribution in [0.25, 0.3) is 81.0 Å². The zero-order valence-electron chi connectivity index (χ0n) is 25.7. The molecule has 2 aromatic heterocycles. The van der Waals surface area contributed by atoms with Crippen LogP contribution in [0.15, 0.2) is 152 Å². The van der Waals surface area contributed by atoms with Gasteiger partial charge in [-0.15, -0.1) is 11.3 Å². The molecule has 9 aromatic rings. The van der Waals surface area contributed by atoms with Crippen molar-refractivity contribution in [2.45, 2.75) is 0 Å². The number of hydrogen-bond donors (Lipinski definition) is 0. The van der Waals surface area contributed by atoms with Crippen LogP contribution in [0.4, 0.5) is 0 Å². The van der Waals surface area contributed by atoms with Gasteiger partial charge < -0.3 is 4.57 Å². The van der Waals surface area contributed by atoms with Gasteiger partial charge in [-0.1, -0.05) is 72.8 Å². The van der Waals surface area contributed by atoms with Gasteiger partial charge in [0.1, 0.15) is 0 Å². The van der Waals surface area contributed by atoms with Crippen molar-refractivity contribution in [3.05, 3.63) is 163 Å². The van der Waals surface area contributed by atoms with E-state index < -0.39 is 0 Å². The van der Waals surface area contributed by atoms with E-state index in [0.717, 1.165) is 50.1 Å². The Morgan fingerprint density at radius 2 is 0.958 bits per heavy atom. The van der Waals surface area contributed by atoms with Gasteiger partial charge in [0.15, 0.2) is 0 Å². The summed E-state index contributed by atoms with van der Waals surface area (Å²) in [6.07, 6.45) is 0. The van der Waals surface area contributed by atoms with Crippen molar-refractivity contribution in [3.8, 4) is 51.2 Å². The molecule has 0 fully saturated rings. The second kappa shape index (κ2) is 11.1. The van der Waals surface area contributed by atoms with E-state index in [-0.39, 0.29) is 0 Å². The molecule has 48 heavy (non-hydrogen) atoms. The van der Waals surface area contributed by atoms with Crippen molar-refractivity contribution in [1.29, 1.82) is 10.5 Å². The van der Waals surface area contributed by atoms with Gasteiger partial charge in [0, 0.05) is 36.6 Å². The molecule has 0 aliphatic carbocycles. The Hall–Kier alpha value is -6.46. The lowest BCUT2D eigenvalue weighted by atomic mass is 9.91. The summed E-state index contributed by atoms with van der Waals surface area (Å²) in [4.78, 5) is 0. The third kappa shape index (κ3) is 4.56. The normalized spacial score (nSPS) is 11.3. The van der Waals surface area contributed by atoms with Gasteiger partial charge in [-0.05, 0) is 112 Å². The molecule has 4 heteroatoms. The highest BCUT2D eigenvalue weighted by Gasteiger charge is 2.15. The molecule has 3 nitrogen and oxygen atoms in total. The molecule has 0 spiro atoms. The maximum atomic E-state index is 10.3. The van der Waals surface area contributed by atoms with Gasteiger partial charge in [-0.25, -0.2) is 0 Å². The van der Waals surface area contributed by atoms with Gasteiger partial charge in [0.25, 0.3) is 0 Å². The molecule has 0 aliphatic rings. The predicted molar refractivity (Wildman–Crippen MR) is 199 cm³/mol. The first kappa shape index (κ1) is 27.8. The molecule has 0 aliphatic heterocycles. The quantitative estimate of drug-likeness (QED) is 0.195. The van der Waals surface area contributed by atoms with Crippen LogP contribution in [0.2, 0.25) is 0 Å². The second-order valence-corrected chi connectivity index (χ2v) is 13.1. The van der Waals surface area contributed by atoms with Gasteiger partial charge in [-0.2, -0.15) is 10.5 Å². The molecule has 0 amide bonds. The minimum atomic E-state index is 0.592. The summed E-state index contributed by atoms with van der Waals surface area (Å²) in [5, 5.41) is 24.8. The van der Waals surface area contributed by atoms with E-state index in [9.17, 15) is 10.5 Å². The summed E-state index contributed by atoms with van der Waals surface area (Å²) in [5.74, 6) is 0. The van der Waals surface area contributed by atoms with Crippen molar-refractivity contribution in [3.63, 3.8) is 0 Å². The first-order valence-corrected chi connectivity index (χ1v) is 16.6. The fourth-order valence-electron chi connectivity index (χ4n) is 6.97. The van der Waals surface area contributed by atoms with Crippen LogP contribution in [0.3, 0.4) is 0 Å². The fourth-order valence-corrected chi connectivity index (χ4v) is 8.06. The number of aromatic nitrogens is 1. The summed E-state index contributed by atoms with van der Waals surface area (Å²) >= 11 is 1.81.